The highest BCUT2D eigenvalue weighted by Gasteiger charge is 2.13. The molecule has 0 atom stereocenters. The van der Waals surface area contributed by atoms with Gasteiger partial charge in [0.05, 0.1) is 17.2 Å². The van der Waals surface area contributed by atoms with Gasteiger partial charge in [-0.25, -0.2) is 10.4 Å². The normalized spacial score (nSPS) is 11.8. The predicted octanol–water partition coefficient (Wildman–Crippen LogP) is 6.08. The summed E-state index contributed by atoms with van der Waals surface area (Å²) in [6.07, 6.45) is 1.87. The van der Waals surface area contributed by atoms with Crippen molar-refractivity contribution >= 4 is 45.8 Å². The number of rotatable bonds is 5. The second-order valence-corrected chi connectivity index (χ2v) is 8.64. The molecule has 0 aliphatic rings. The lowest BCUT2D eigenvalue weighted by Gasteiger charge is -2.12. The molecular weight excluding hydrogens is 473 g/mol. The number of aryl methyl sites for hydroxylation is 1. The van der Waals surface area contributed by atoms with E-state index < -0.39 is 0 Å². The maximum Gasteiger partial charge on any atom is 0.224 e. The molecular formula is C23H24IN5. The number of halogens is 1. The van der Waals surface area contributed by atoms with Gasteiger partial charge in [-0.1, -0.05) is 12.1 Å². The van der Waals surface area contributed by atoms with E-state index >= 15 is 0 Å². The Bertz CT molecular complexity index is 1180. The van der Waals surface area contributed by atoms with Crippen LogP contribution in [0.25, 0.3) is 16.7 Å². The van der Waals surface area contributed by atoms with Gasteiger partial charge in [-0.15, -0.1) is 0 Å². The van der Waals surface area contributed by atoms with E-state index in [1.54, 1.807) is 0 Å². The van der Waals surface area contributed by atoms with Gasteiger partial charge >= 0.3 is 0 Å². The van der Waals surface area contributed by atoms with Crippen LogP contribution in [0.4, 0.5) is 5.95 Å². The van der Waals surface area contributed by atoms with E-state index in [-0.39, 0.29) is 6.04 Å². The summed E-state index contributed by atoms with van der Waals surface area (Å²) in [6.45, 7) is 8.54. The van der Waals surface area contributed by atoms with Gasteiger partial charge in [-0.2, -0.15) is 5.10 Å². The fourth-order valence-electron chi connectivity index (χ4n) is 3.71. The minimum Gasteiger partial charge on any atom is -0.318 e. The molecule has 0 bridgehead atoms. The van der Waals surface area contributed by atoms with Crippen molar-refractivity contribution in [3.05, 3.63) is 75.1 Å². The molecule has 29 heavy (non-hydrogen) atoms. The number of hydrazone groups is 1. The SMILES string of the molecule is Cc1cc(/C=N\Nc2nc3ccccc3n2C(C)C)c(C)n1-c1ccc(I)cc1. The Balaban J connectivity index is 1.63. The molecule has 0 radical (unpaired) electrons. The molecule has 2 aromatic carbocycles. The van der Waals surface area contributed by atoms with Crippen LogP contribution in [0.3, 0.4) is 0 Å². The third-order valence-electron chi connectivity index (χ3n) is 5.04. The van der Waals surface area contributed by atoms with Gasteiger partial charge in [0.25, 0.3) is 0 Å². The summed E-state index contributed by atoms with van der Waals surface area (Å²) in [7, 11) is 0. The molecule has 0 fully saturated rings. The number of aromatic nitrogens is 3. The Morgan fingerprint density at radius 1 is 1.07 bits per heavy atom. The molecule has 0 aliphatic heterocycles. The van der Waals surface area contributed by atoms with Crippen molar-refractivity contribution in [2.24, 2.45) is 5.10 Å². The summed E-state index contributed by atoms with van der Waals surface area (Å²) in [6, 6.07) is 19.1. The van der Waals surface area contributed by atoms with E-state index in [1.165, 1.54) is 9.26 Å². The number of hydrogen-bond acceptors (Lipinski definition) is 3. The van der Waals surface area contributed by atoms with E-state index in [9.17, 15) is 0 Å². The zero-order chi connectivity index (χ0) is 20.5. The van der Waals surface area contributed by atoms with E-state index in [4.69, 9.17) is 4.98 Å². The molecule has 0 spiro atoms. The lowest BCUT2D eigenvalue weighted by Crippen LogP contribution is -2.06. The number of fused-ring (bicyclic) bond motifs is 1. The third-order valence-corrected chi connectivity index (χ3v) is 5.75. The van der Waals surface area contributed by atoms with E-state index in [1.807, 2.05) is 24.4 Å². The van der Waals surface area contributed by atoms with Gasteiger partial charge in [0, 0.05) is 32.3 Å². The topological polar surface area (TPSA) is 47.1 Å². The van der Waals surface area contributed by atoms with Crippen LogP contribution in [0.1, 0.15) is 36.8 Å². The summed E-state index contributed by atoms with van der Waals surface area (Å²) in [4.78, 5) is 4.70. The zero-order valence-corrected chi connectivity index (χ0v) is 19.2. The van der Waals surface area contributed by atoms with E-state index in [2.05, 4.69) is 106 Å². The second kappa shape index (κ2) is 8.02. The van der Waals surface area contributed by atoms with Crippen LogP contribution in [0.5, 0.6) is 0 Å². The maximum atomic E-state index is 4.70. The van der Waals surface area contributed by atoms with Gasteiger partial charge in [0.1, 0.15) is 0 Å². The molecule has 4 aromatic rings. The molecule has 0 amide bonds. The summed E-state index contributed by atoms with van der Waals surface area (Å²) < 4.78 is 5.65. The Morgan fingerprint density at radius 2 is 1.79 bits per heavy atom. The molecule has 0 aliphatic carbocycles. The van der Waals surface area contributed by atoms with Gasteiger partial charge in [0.15, 0.2) is 0 Å². The van der Waals surface area contributed by atoms with Crippen molar-refractivity contribution in [3.8, 4) is 5.69 Å². The lowest BCUT2D eigenvalue weighted by molar-refractivity contribution is 0.623. The first-order chi connectivity index (χ1) is 14.0. The highest BCUT2D eigenvalue weighted by Crippen LogP contribution is 2.24. The molecule has 6 heteroatoms. The predicted molar refractivity (Wildman–Crippen MR) is 129 cm³/mol. The molecule has 2 aromatic heterocycles. The highest BCUT2D eigenvalue weighted by molar-refractivity contribution is 14.1. The van der Waals surface area contributed by atoms with Crippen LogP contribution >= 0.6 is 22.6 Å². The zero-order valence-electron chi connectivity index (χ0n) is 17.0. The largest absolute Gasteiger partial charge is 0.318 e. The Hall–Kier alpha value is -2.61. The number of nitrogens with one attached hydrogen (secondary N) is 1. The van der Waals surface area contributed by atoms with Crippen molar-refractivity contribution in [2.75, 3.05) is 5.43 Å². The van der Waals surface area contributed by atoms with Gasteiger partial charge < -0.3 is 9.13 Å². The minimum absolute atomic E-state index is 0.283. The fourth-order valence-corrected chi connectivity index (χ4v) is 4.07. The average Bonchev–Trinajstić information content (AvgIpc) is 3.20. The third kappa shape index (κ3) is 3.81. The highest BCUT2D eigenvalue weighted by atomic mass is 127. The number of anilines is 1. The molecule has 0 saturated heterocycles. The number of imidazole rings is 1. The van der Waals surface area contributed by atoms with E-state index in [0.717, 1.165) is 33.9 Å². The molecule has 0 saturated carbocycles. The molecule has 0 unspecified atom stereocenters. The Kier molecular flexibility index (Phi) is 5.45. The Labute approximate surface area is 184 Å². The standard InChI is InChI=1S/C23H24IN5/c1-15(2)28-22-8-6-5-7-21(22)26-23(28)27-25-14-18-13-16(3)29(17(18)4)20-11-9-19(24)10-12-20/h5-15H,1-4H3,(H,26,27)/b25-14-. The first kappa shape index (κ1) is 19.7. The Morgan fingerprint density at radius 3 is 2.52 bits per heavy atom. The first-order valence-corrected chi connectivity index (χ1v) is 10.7. The van der Waals surface area contributed by atoms with Crippen LogP contribution < -0.4 is 5.43 Å². The van der Waals surface area contributed by atoms with Crippen molar-refractivity contribution in [2.45, 2.75) is 33.7 Å². The van der Waals surface area contributed by atoms with Gasteiger partial charge in [0.2, 0.25) is 5.95 Å². The smallest absolute Gasteiger partial charge is 0.224 e. The number of nitrogens with zero attached hydrogens (tertiary/aromatic N) is 4. The number of hydrogen-bond donors (Lipinski definition) is 1. The van der Waals surface area contributed by atoms with Crippen LogP contribution in [0.15, 0.2) is 59.7 Å². The van der Waals surface area contributed by atoms with Gasteiger partial charge in [-0.05, 0) is 92.8 Å². The van der Waals surface area contributed by atoms with E-state index in [0.29, 0.717) is 0 Å². The van der Waals surface area contributed by atoms with Crippen LogP contribution in [-0.4, -0.2) is 20.3 Å². The summed E-state index contributed by atoms with van der Waals surface area (Å²) in [5.74, 6) is 0.754. The molecule has 4 rings (SSSR count). The lowest BCUT2D eigenvalue weighted by atomic mass is 10.2. The first-order valence-electron chi connectivity index (χ1n) is 9.66. The average molecular weight is 497 g/mol. The quantitative estimate of drug-likeness (QED) is 0.207. The van der Waals surface area contributed by atoms with Crippen molar-refractivity contribution in [1.82, 2.24) is 14.1 Å². The molecule has 1 N–H and O–H groups in total. The fraction of sp³-hybridized carbons (Fsp3) is 0.217. The number of para-hydroxylation sites is 2. The van der Waals surface area contributed by atoms with Gasteiger partial charge in [-0.3, -0.25) is 0 Å². The maximum absolute atomic E-state index is 4.70. The van der Waals surface area contributed by atoms with Crippen molar-refractivity contribution < 1.29 is 0 Å². The van der Waals surface area contributed by atoms with Crippen LogP contribution in [0.2, 0.25) is 0 Å². The number of benzene rings is 2. The second-order valence-electron chi connectivity index (χ2n) is 7.40. The molecule has 148 valence electrons. The monoisotopic (exact) mass is 497 g/mol. The van der Waals surface area contributed by atoms with Crippen molar-refractivity contribution in [3.63, 3.8) is 0 Å². The summed E-state index contributed by atoms with van der Waals surface area (Å²) in [5, 5.41) is 4.50. The molecule has 5 nitrogen and oxygen atoms in total. The van der Waals surface area contributed by atoms with Crippen molar-refractivity contribution in [1.29, 1.82) is 0 Å². The van der Waals surface area contributed by atoms with Crippen LogP contribution in [0, 0.1) is 17.4 Å². The summed E-state index contributed by atoms with van der Waals surface area (Å²) in [5.41, 5.74) is 9.81. The van der Waals surface area contributed by atoms with Crippen LogP contribution in [-0.2, 0) is 0 Å². The summed E-state index contributed by atoms with van der Waals surface area (Å²) >= 11 is 2.33. The minimum atomic E-state index is 0.283. The molecule has 2 heterocycles.